The van der Waals surface area contributed by atoms with Crippen LogP contribution < -0.4 is 5.32 Å². The van der Waals surface area contributed by atoms with Crippen molar-refractivity contribution in [2.75, 3.05) is 5.32 Å². The van der Waals surface area contributed by atoms with Crippen molar-refractivity contribution in [1.82, 2.24) is 4.98 Å². The molecular weight excluding hydrogens is 270 g/mol. The fraction of sp³-hybridized carbons (Fsp3) is 0.0667. The van der Waals surface area contributed by atoms with Crippen LogP contribution in [0.25, 0.3) is 6.08 Å². The number of nitro groups is 1. The Hall–Kier alpha value is -3.02. The number of rotatable bonds is 4. The number of nitrogens with one attached hydrogen (secondary N) is 1. The highest BCUT2D eigenvalue weighted by Crippen LogP contribution is 2.18. The molecule has 1 aromatic carbocycles. The Morgan fingerprint density at radius 1 is 1.24 bits per heavy atom. The predicted octanol–water partition coefficient (Wildman–Crippen LogP) is 2.95. The normalized spacial score (nSPS) is 10.5. The molecule has 2 aromatic rings. The number of hydrogen-bond donors (Lipinski definition) is 1. The van der Waals surface area contributed by atoms with Gasteiger partial charge in [-0.1, -0.05) is 18.2 Å². The Morgan fingerprint density at radius 3 is 2.71 bits per heavy atom. The van der Waals surface area contributed by atoms with Crippen LogP contribution in [0.5, 0.6) is 0 Å². The Balaban J connectivity index is 2.11. The van der Waals surface area contributed by atoms with Crippen LogP contribution in [0.1, 0.15) is 11.3 Å². The van der Waals surface area contributed by atoms with Crippen LogP contribution in [0.4, 0.5) is 11.5 Å². The third-order valence-corrected chi connectivity index (χ3v) is 2.69. The number of nitrogens with zero attached hydrogens (tertiary/aromatic N) is 2. The molecule has 0 spiro atoms. The first-order valence-corrected chi connectivity index (χ1v) is 6.22. The number of pyridine rings is 1. The van der Waals surface area contributed by atoms with Crippen molar-refractivity contribution < 1.29 is 9.72 Å². The molecule has 0 fully saturated rings. The molecule has 0 aliphatic heterocycles. The maximum atomic E-state index is 11.8. The average molecular weight is 283 g/mol. The van der Waals surface area contributed by atoms with E-state index in [1.165, 1.54) is 18.2 Å². The van der Waals surface area contributed by atoms with Crippen molar-refractivity contribution in [3.8, 4) is 0 Å². The van der Waals surface area contributed by atoms with Gasteiger partial charge in [0.05, 0.1) is 10.5 Å². The minimum absolute atomic E-state index is 0.0461. The minimum atomic E-state index is -0.486. The summed E-state index contributed by atoms with van der Waals surface area (Å²) in [7, 11) is 0. The minimum Gasteiger partial charge on any atom is -0.307 e. The Bertz CT molecular complexity index is 711. The van der Waals surface area contributed by atoms with E-state index in [1.807, 2.05) is 13.0 Å². The average Bonchev–Trinajstić information content (AvgIpc) is 2.45. The van der Waals surface area contributed by atoms with Gasteiger partial charge in [-0.2, -0.15) is 0 Å². The van der Waals surface area contributed by atoms with Gasteiger partial charge in [0.15, 0.2) is 0 Å². The first-order chi connectivity index (χ1) is 10.1. The van der Waals surface area contributed by atoms with Gasteiger partial charge in [0.25, 0.3) is 5.69 Å². The molecular formula is C15H13N3O3. The van der Waals surface area contributed by atoms with Gasteiger partial charge in [-0.05, 0) is 31.2 Å². The second kappa shape index (κ2) is 6.42. The second-order valence-corrected chi connectivity index (χ2v) is 4.30. The van der Waals surface area contributed by atoms with Crippen molar-refractivity contribution in [3.05, 3.63) is 69.9 Å². The molecule has 6 nitrogen and oxygen atoms in total. The number of carbonyl (C=O) groups is 1. The topological polar surface area (TPSA) is 85.1 Å². The van der Waals surface area contributed by atoms with Crippen molar-refractivity contribution >= 4 is 23.5 Å². The van der Waals surface area contributed by atoms with Crippen LogP contribution in [0, 0.1) is 17.0 Å². The number of anilines is 1. The highest BCUT2D eigenvalue weighted by atomic mass is 16.6. The molecule has 1 N–H and O–H groups in total. The van der Waals surface area contributed by atoms with Gasteiger partial charge in [0, 0.05) is 17.8 Å². The van der Waals surface area contributed by atoms with E-state index in [0.717, 1.165) is 5.69 Å². The van der Waals surface area contributed by atoms with E-state index in [-0.39, 0.29) is 5.69 Å². The summed E-state index contributed by atoms with van der Waals surface area (Å²) in [6.45, 7) is 1.82. The fourth-order valence-corrected chi connectivity index (χ4v) is 1.74. The van der Waals surface area contributed by atoms with Crippen LogP contribution in [-0.4, -0.2) is 15.8 Å². The molecule has 0 radical (unpaired) electrons. The van der Waals surface area contributed by atoms with E-state index in [0.29, 0.717) is 11.4 Å². The molecule has 6 heteroatoms. The summed E-state index contributed by atoms with van der Waals surface area (Å²) < 4.78 is 0. The van der Waals surface area contributed by atoms with E-state index >= 15 is 0 Å². The second-order valence-electron chi connectivity index (χ2n) is 4.30. The molecule has 1 amide bonds. The molecule has 2 rings (SSSR count). The maximum Gasteiger partial charge on any atom is 0.276 e. The van der Waals surface area contributed by atoms with Crippen LogP contribution in [0.15, 0.2) is 48.5 Å². The summed E-state index contributed by atoms with van der Waals surface area (Å²) in [5.41, 5.74) is 1.11. The molecule has 0 saturated carbocycles. The van der Waals surface area contributed by atoms with Gasteiger partial charge in [-0.3, -0.25) is 14.9 Å². The van der Waals surface area contributed by atoms with Gasteiger partial charge < -0.3 is 5.32 Å². The lowest BCUT2D eigenvalue weighted by atomic mass is 10.1. The van der Waals surface area contributed by atoms with Crippen molar-refractivity contribution in [2.24, 2.45) is 0 Å². The molecule has 21 heavy (non-hydrogen) atoms. The first-order valence-electron chi connectivity index (χ1n) is 6.22. The lowest BCUT2D eigenvalue weighted by Crippen LogP contribution is -2.09. The molecule has 0 aliphatic carbocycles. The van der Waals surface area contributed by atoms with Gasteiger partial charge in [0.1, 0.15) is 5.82 Å². The number of aromatic nitrogens is 1. The number of benzene rings is 1. The molecule has 0 atom stereocenters. The highest BCUT2D eigenvalue weighted by molar-refractivity contribution is 6.01. The third kappa shape index (κ3) is 3.97. The predicted molar refractivity (Wildman–Crippen MR) is 79.7 cm³/mol. The summed E-state index contributed by atoms with van der Waals surface area (Å²) in [5.74, 6) is 0.0402. The number of para-hydroxylation sites is 1. The highest BCUT2D eigenvalue weighted by Gasteiger charge is 2.09. The Morgan fingerprint density at radius 2 is 2.00 bits per heavy atom. The lowest BCUT2D eigenvalue weighted by molar-refractivity contribution is -0.385. The smallest absolute Gasteiger partial charge is 0.276 e. The zero-order valence-electron chi connectivity index (χ0n) is 11.3. The molecule has 106 valence electrons. The molecule has 0 saturated heterocycles. The standard InChI is InChI=1S/C15H13N3O3/c1-11-5-4-8-14(16-11)17-15(19)10-9-12-6-2-3-7-13(12)18(20)21/h2-10H,1H3,(H,16,17,19)/b10-9+. The van der Waals surface area contributed by atoms with Crippen molar-refractivity contribution in [1.29, 1.82) is 0 Å². The van der Waals surface area contributed by atoms with E-state index in [4.69, 9.17) is 0 Å². The van der Waals surface area contributed by atoms with Gasteiger partial charge >= 0.3 is 0 Å². The summed E-state index contributed by atoms with van der Waals surface area (Å²) in [4.78, 5) is 26.3. The van der Waals surface area contributed by atoms with Crippen LogP contribution >= 0.6 is 0 Å². The summed E-state index contributed by atoms with van der Waals surface area (Å²) in [6, 6.07) is 11.5. The SMILES string of the molecule is Cc1cccc(NC(=O)/C=C/c2ccccc2[N+](=O)[O-])n1. The summed E-state index contributed by atoms with van der Waals surface area (Å²) >= 11 is 0. The number of amides is 1. The summed E-state index contributed by atoms with van der Waals surface area (Å²) in [6.07, 6.45) is 2.65. The zero-order chi connectivity index (χ0) is 15.2. The van der Waals surface area contributed by atoms with E-state index in [1.54, 1.807) is 30.3 Å². The number of aryl methyl sites for hydroxylation is 1. The largest absolute Gasteiger partial charge is 0.307 e. The zero-order valence-corrected chi connectivity index (χ0v) is 11.3. The van der Waals surface area contributed by atoms with Crippen molar-refractivity contribution in [2.45, 2.75) is 6.92 Å². The van der Waals surface area contributed by atoms with Crippen molar-refractivity contribution in [3.63, 3.8) is 0 Å². The van der Waals surface area contributed by atoms with Gasteiger partial charge in [-0.15, -0.1) is 0 Å². The molecule has 0 bridgehead atoms. The quantitative estimate of drug-likeness (QED) is 0.531. The van der Waals surface area contributed by atoms with Crippen LogP contribution in [0.2, 0.25) is 0 Å². The van der Waals surface area contributed by atoms with Crippen LogP contribution in [-0.2, 0) is 4.79 Å². The van der Waals surface area contributed by atoms with E-state index in [2.05, 4.69) is 10.3 Å². The first kappa shape index (κ1) is 14.4. The maximum absolute atomic E-state index is 11.8. The molecule has 0 unspecified atom stereocenters. The monoisotopic (exact) mass is 283 g/mol. The van der Waals surface area contributed by atoms with Gasteiger partial charge in [-0.25, -0.2) is 4.98 Å². The summed E-state index contributed by atoms with van der Waals surface area (Å²) in [5, 5.41) is 13.5. The van der Waals surface area contributed by atoms with E-state index in [9.17, 15) is 14.9 Å². The Labute approximate surface area is 121 Å². The van der Waals surface area contributed by atoms with E-state index < -0.39 is 10.8 Å². The Kier molecular flexibility index (Phi) is 4.40. The number of hydrogen-bond acceptors (Lipinski definition) is 4. The molecule has 1 aromatic heterocycles. The number of carbonyl (C=O) groups excluding carboxylic acids is 1. The number of nitro benzene ring substituents is 1. The van der Waals surface area contributed by atoms with Gasteiger partial charge in [0.2, 0.25) is 5.91 Å². The third-order valence-electron chi connectivity index (χ3n) is 2.69. The molecule has 1 heterocycles. The molecule has 0 aliphatic rings. The lowest BCUT2D eigenvalue weighted by Gasteiger charge is -2.01. The fourth-order valence-electron chi connectivity index (χ4n) is 1.74. The van der Waals surface area contributed by atoms with Crippen LogP contribution in [0.3, 0.4) is 0 Å².